The van der Waals surface area contributed by atoms with E-state index in [2.05, 4.69) is 41.4 Å². The number of nitrogens with one attached hydrogen (secondary N) is 5. The molecule has 1 unspecified atom stereocenters. The van der Waals surface area contributed by atoms with E-state index >= 15 is 0 Å². The van der Waals surface area contributed by atoms with E-state index in [-0.39, 0.29) is 75.8 Å². The summed E-state index contributed by atoms with van der Waals surface area (Å²) in [5, 5.41) is 40.3. The number of benzene rings is 1. The first-order valence-corrected chi connectivity index (χ1v) is 16.6. The summed E-state index contributed by atoms with van der Waals surface area (Å²) in [5.74, 6) is -2.29. The number of amides is 4. The van der Waals surface area contributed by atoms with Crippen LogP contribution in [0.2, 0.25) is 0 Å². The Hall–Kier alpha value is -3.62. The Bertz CT molecular complexity index is 1770. The van der Waals surface area contributed by atoms with Gasteiger partial charge in [0.15, 0.2) is 4.34 Å². The molecule has 6 N–H and O–H groups in total. The summed E-state index contributed by atoms with van der Waals surface area (Å²) < 4.78 is 0.660. The fraction of sp³-hybridized carbons (Fsp3) is 0.333. The maximum absolute atomic E-state index is 13.6. The van der Waals surface area contributed by atoms with Gasteiger partial charge in [0.05, 0.1) is 17.9 Å². The molecule has 0 spiro atoms. The summed E-state index contributed by atoms with van der Waals surface area (Å²) >= 11 is 3.95. The van der Waals surface area contributed by atoms with Crippen molar-refractivity contribution >= 4 is 70.3 Å². The number of nitrogens with zero attached hydrogens (tertiary/aromatic N) is 4. The zero-order valence-corrected chi connectivity index (χ0v) is 30.0. The van der Waals surface area contributed by atoms with Crippen molar-refractivity contribution in [3.05, 3.63) is 62.7 Å². The number of aromatic nitrogens is 4. The van der Waals surface area contributed by atoms with Crippen LogP contribution in [-0.2, 0) is 14.4 Å². The summed E-state index contributed by atoms with van der Waals surface area (Å²) in [4.78, 5) is 72.0. The van der Waals surface area contributed by atoms with Gasteiger partial charge in [0.25, 0.3) is 11.5 Å². The third kappa shape index (κ3) is 8.46. The van der Waals surface area contributed by atoms with Crippen LogP contribution in [0, 0.1) is 6.92 Å². The zero-order chi connectivity index (χ0) is 33.1. The Balaban J connectivity index is 0.00000500. The number of hydrogen-bond donors (Lipinski definition) is 6. The van der Waals surface area contributed by atoms with Crippen LogP contribution in [0.4, 0.5) is 16.4 Å². The first-order chi connectivity index (χ1) is 21.9. The summed E-state index contributed by atoms with van der Waals surface area (Å²) in [7, 11) is 0. The van der Waals surface area contributed by atoms with E-state index in [0.29, 0.717) is 9.91 Å². The van der Waals surface area contributed by atoms with Crippen LogP contribution >= 0.6 is 34.9 Å². The Kier molecular flexibility index (Phi) is 12.0. The van der Waals surface area contributed by atoms with E-state index in [1.54, 1.807) is 6.92 Å². The monoisotopic (exact) mass is 709 g/mol. The molecule has 47 heavy (non-hydrogen) atoms. The molecule has 2 aliphatic rings. The molecule has 16 nitrogen and oxygen atoms in total. The first kappa shape index (κ1) is 36.2. The summed E-state index contributed by atoms with van der Waals surface area (Å²) in [6.45, 7) is 5.52. The van der Waals surface area contributed by atoms with Crippen molar-refractivity contribution in [3.8, 4) is 5.75 Å². The van der Waals surface area contributed by atoms with Gasteiger partial charge in [-0.25, -0.2) is 9.78 Å². The maximum Gasteiger partial charge on any atom is 1.00 e. The molecule has 4 heterocycles. The van der Waals surface area contributed by atoms with Crippen molar-refractivity contribution in [1.29, 1.82) is 0 Å². The number of fused-ring (bicyclic) bond motifs is 1. The fourth-order valence-corrected chi connectivity index (χ4v) is 7.89. The average Bonchev–Trinajstić information content (AvgIpc) is 3.43. The van der Waals surface area contributed by atoms with Crippen LogP contribution in [-0.4, -0.2) is 82.9 Å². The average molecular weight is 710 g/mol. The van der Waals surface area contributed by atoms with Gasteiger partial charge in [0, 0.05) is 17.5 Å². The van der Waals surface area contributed by atoms with E-state index in [1.807, 2.05) is 13.8 Å². The van der Waals surface area contributed by atoms with Gasteiger partial charge in [-0.05, 0) is 44.0 Å². The molecule has 0 radical (unpaired) electrons. The number of aromatic amines is 1. The SMILES string of the molecule is Cc1nnc(SCC2=C(C(=O)[O-])N3C(=O)C(NC(=O)[C@H](NC(=O)Nc4cnc(NC(C)C)[nH]c4=O)c4ccc(O)cc4)[C@H]3SC2)s1.[Na+]. The van der Waals surface area contributed by atoms with Crippen molar-refractivity contribution in [2.75, 3.05) is 22.1 Å². The van der Waals surface area contributed by atoms with Crippen LogP contribution in [0.3, 0.4) is 0 Å². The fourth-order valence-electron chi connectivity index (χ4n) is 4.59. The van der Waals surface area contributed by atoms with Crippen molar-refractivity contribution in [3.63, 3.8) is 0 Å². The number of phenolic OH excluding ortho intramolecular Hbond substituents is 1. The Labute approximate surface area is 302 Å². The van der Waals surface area contributed by atoms with Crippen molar-refractivity contribution in [2.24, 2.45) is 0 Å². The van der Waals surface area contributed by atoms with Crippen molar-refractivity contribution in [1.82, 2.24) is 35.7 Å². The number of carboxylic acids is 1. The van der Waals surface area contributed by atoms with Crippen molar-refractivity contribution in [2.45, 2.75) is 48.6 Å². The quantitative estimate of drug-likeness (QED) is 0.0689. The third-order valence-electron chi connectivity index (χ3n) is 6.65. The molecular weight excluding hydrogens is 682 g/mol. The molecule has 1 aromatic carbocycles. The second-order valence-electron chi connectivity index (χ2n) is 10.4. The van der Waals surface area contributed by atoms with E-state index in [9.17, 15) is 34.2 Å². The summed E-state index contributed by atoms with van der Waals surface area (Å²) in [6, 6.07) is 2.06. The molecule has 5 rings (SSSR count). The molecule has 4 amide bonds. The van der Waals surface area contributed by atoms with Gasteiger partial charge in [-0.1, -0.05) is 35.2 Å². The number of H-pyrrole nitrogens is 1. The Morgan fingerprint density at radius 3 is 2.53 bits per heavy atom. The predicted octanol–water partition coefficient (Wildman–Crippen LogP) is -2.48. The smallest absolute Gasteiger partial charge is 0.543 e. The van der Waals surface area contributed by atoms with Gasteiger partial charge in [-0.2, -0.15) is 0 Å². The van der Waals surface area contributed by atoms with Crippen LogP contribution in [0.25, 0.3) is 0 Å². The van der Waals surface area contributed by atoms with E-state index < -0.39 is 46.8 Å². The van der Waals surface area contributed by atoms with Crippen LogP contribution in [0.5, 0.6) is 5.75 Å². The molecule has 20 heteroatoms. The van der Waals surface area contributed by atoms with Gasteiger partial charge in [0.2, 0.25) is 11.9 Å². The number of carbonyl (C=O) groups excluding carboxylic acids is 4. The number of hydrogen-bond acceptors (Lipinski definition) is 14. The number of aromatic hydroxyl groups is 1. The minimum Gasteiger partial charge on any atom is -0.543 e. The number of carbonyl (C=O) groups is 4. The van der Waals surface area contributed by atoms with Gasteiger partial charge in [-0.3, -0.25) is 24.3 Å². The number of aryl methyl sites for hydroxylation is 1. The molecule has 1 saturated heterocycles. The number of urea groups is 1. The molecule has 1 fully saturated rings. The van der Waals surface area contributed by atoms with Gasteiger partial charge in [-0.15, -0.1) is 22.0 Å². The van der Waals surface area contributed by atoms with Crippen LogP contribution < -0.4 is 61.5 Å². The molecule has 3 aromatic rings. The predicted molar refractivity (Wildman–Crippen MR) is 169 cm³/mol. The minimum absolute atomic E-state index is 0. The molecular formula is C27H28N9NaO7S3. The van der Waals surface area contributed by atoms with E-state index in [4.69, 9.17) is 0 Å². The van der Waals surface area contributed by atoms with Gasteiger partial charge < -0.3 is 36.3 Å². The topological polar surface area (TPSA) is 234 Å². The van der Waals surface area contributed by atoms with E-state index in [1.165, 1.54) is 59.1 Å². The normalized spacial score (nSPS) is 17.6. The Morgan fingerprint density at radius 2 is 1.91 bits per heavy atom. The molecule has 3 atom stereocenters. The number of β-lactam (4-membered cyclic amide) rings is 1. The third-order valence-corrected chi connectivity index (χ3v) is 10.1. The molecule has 0 bridgehead atoms. The number of thioether (sulfide) groups is 2. The second kappa shape index (κ2) is 15.5. The maximum atomic E-state index is 13.6. The van der Waals surface area contributed by atoms with Crippen LogP contribution in [0.1, 0.15) is 30.5 Å². The zero-order valence-electron chi connectivity index (χ0n) is 25.5. The molecule has 2 aliphatic heterocycles. The number of aliphatic carboxylic acids is 1. The number of phenols is 1. The molecule has 0 saturated carbocycles. The largest absolute Gasteiger partial charge is 1.00 e. The number of carboxylic acid groups (broad SMARTS) is 1. The van der Waals surface area contributed by atoms with Gasteiger partial charge >= 0.3 is 35.6 Å². The number of anilines is 2. The second-order valence-corrected chi connectivity index (χ2v) is 13.9. The minimum atomic E-state index is -1.51. The molecule has 0 aliphatic carbocycles. The number of rotatable bonds is 11. The van der Waals surface area contributed by atoms with Crippen molar-refractivity contribution < 1.29 is 58.9 Å². The Morgan fingerprint density at radius 1 is 1.19 bits per heavy atom. The van der Waals surface area contributed by atoms with E-state index in [0.717, 1.165) is 16.1 Å². The standard InChI is InChI=1S/C27H29N9O7S3.Na/c1-11(2)29-25-28-8-16(20(38)33-25)30-26(43)32-17(13-4-6-15(37)7-5-13)21(39)31-18-22(40)36-19(24(41)42)14(9-44-23(18)36)10-45-27-35-34-12(3)46-27;/h4-8,11,17-18,23,37H,9-10H2,1-3H3,(H,31,39)(H,41,42)(H2,30,32,43)(H2,28,29,33,38);/q;+1/p-1/t17-,18?,23-;/m1./s1. The van der Waals surface area contributed by atoms with Crippen LogP contribution in [0.15, 0.2) is 50.9 Å². The molecule has 2 aromatic heterocycles. The summed E-state index contributed by atoms with van der Waals surface area (Å²) in [6.07, 6.45) is 1.16. The van der Waals surface area contributed by atoms with Gasteiger partial charge in [0.1, 0.15) is 33.9 Å². The first-order valence-electron chi connectivity index (χ1n) is 13.7. The summed E-state index contributed by atoms with van der Waals surface area (Å²) in [5.41, 5.74) is -0.321. The molecule has 242 valence electrons.